The Morgan fingerprint density at radius 1 is 1.17 bits per heavy atom. The number of ether oxygens (including phenoxy) is 3. The Morgan fingerprint density at radius 3 is 2.13 bits per heavy atom. The zero-order valence-corrected chi connectivity index (χ0v) is 13.4. The molecule has 23 heavy (non-hydrogen) atoms. The number of primary amides is 1. The number of hydrogen-bond acceptors (Lipinski definition) is 7. The molecule has 0 bridgehead atoms. The van der Waals surface area contributed by atoms with Crippen molar-refractivity contribution in [2.45, 2.75) is 19.4 Å². The molecule has 3 atom stereocenters. The SMILES string of the molecule is COC(=O)C(C(=O)OC)[C@@H](C)[C@@H](NC(=O)[C@H]1CCOC1)C(N)=O. The highest BCUT2D eigenvalue weighted by Gasteiger charge is 2.42. The first-order chi connectivity index (χ1) is 10.8. The van der Waals surface area contributed by atoms with Crippen LogP contribution in [0.3, 0.4) is 0 Å². The van der Waals surface area contributed by atoms with Crippen molar-refractivity contribution in [2.24, 2.45) is 23.5 Å². The van der Waals surface area contributed by atoms with Crippen LogP contribution in [0.2, 0.25) is 0 Å². The summed E-state index contributed by atoms with van der Waals surface area (Å²) in [5.41, 5.74) is 5.32. The number of nitrogens with one attached hydrogen (secondary N) is 1. The first-order valence-corrected chi connectivity index (χ1v) is 7.16. The first-order valence-electron chi connectivity index (χ1n) is 7.16. The minimum Gasteiger partial charge on any atom is -0.468 e. The van der Waals surface area contributed by atoms with Gasteiger partial charge in [0, 0.05) is 12.5 Å². The quantitative estimate of drug-likeness (QED) is 0.432. The van der Waals surface area contributed by atoms with Crippen molar-refractivity contribution in [1.82, 2.24) is 5.32 Å². The molecule has 0 spiro atoms. The van der Waals surface area contributed by atoms with Crippen LogP contribution in [0.1, 0.15) is 13.3 Å². The van der Waals surface area contributed by atoms with Gasteiger partial charge in [0.05, 0.1) is 26.7 Å². The van der Waals surface area contributed by atoms with E-state index in [2.05, 4.69) is 14.8 Å². The molecule has 0 aliphatic carbocycles. The highest BCUT2D eigenvalue weighted by molar-refractivity contribution is 5.97. The van der Waals surface area contributed by atoms with E-state index in [4.69, 9.17) is 10.5 Å². The lowest BCUT2D eigenvalue weighted by Gasteiger charge is -2.27. The number of nitrogens with two attached hydrogens (primary N) is 1. The standard InChI is InChI=1S/C14H22N2O7/c1-7(9(13(19)21-2)14(20)22-3)10(11(15)17)16-12(18)8-4-5-23-6-8/h7-10H,4-6H2,1-3H3,(H2,15,17)(H,16,18)/t7-,8+,10-/m1/s1. The van der Waals surface area contributed by atoms with E-state index >= 15 is 0 Å². The van der Waals surface area contributed by atoms with Gasteiger partial charge in [-0.3, -0.25) is 19.2 Å². The van der Waals surface area contributed by atoms with Gasteiger partial charge in [0.2, 0.25) is 11.8 Å². The lowest BCUT2D eigenvalue weighted by molar-refractivity contribution is -0.162. The number of methoxy groups -OCH3 is 2. The van der Waals surface area contributed by atoms with Crippen molar-refractivity contribution >= 4 is 23.8 Å². The molecule has 1 heterocycles. The van der Waals surface area contributed by atoms with E-state index in [9.17, 15) is 19.2 Å². The molecule has 1 saturated heterocycles. The summed E-state index contributed by atoms with van der Waals surface area (Å²) in [5, 5.41) is 2.49. The van der Waals surface area contributed by atoms with Crippen LogP contribution in [0.15, 0.2) is 0 Å². The number of carbonyl (C=O) groups is 4. The minimum atomic E-state index is -1.37. The Kier molecular flexibility index (Phi) is 6.95. The molecule has 130 valence electrons. The Hall–Kier alpha value is -2.16. The fourth-order valence-electron chi connectivity index (χ4n) is 2.45. The van der Waals surface area contributed by atoms with Crippen molar-refractivity contribution in [3.8, 4) is 0 Å². The highest BCUT2D eigenvalue weighted by Crippen LogP contribution is 2.21. The number of esters is 2. The predicted octanol–water partition coefficient (Wildman–Crippen LogP) is -1.41. The van der Waals surface area contributed by atoms with Gasteiger partial charge in [0.25, 0.3) is 0 Å². The Labute approximate surface area is 133 Å². The summed E-state index contributed by atoms with van der Waals surface area (Å²) in [7, 11) is 2.22. The van der Waals surface area contributed by atoms with Gasteiger partial charge < -0.3 is 25.3 Å². The molecule has 9 nitrogen and oxygen atoms in total. The van der Waals surface area contributed by atoms with Crippen LogP contribution in [-0.2, 0) is 33.4 Å². The van der Waals surface area contributed by atoms with E-state index in [1.165, 1.54) is 6.92 Å². The fraction of sp³-hybridized carbons (Fsp3) is 0.714. The van der Waals surface area contributed by atoms with Gasteiger partial charge >= 0.3 is 11.9 Å². The smallest absolute Gasteiger partial charge is 0.320 e. The molecule has 0 unspecified atom stereocenters. The van der Waals surface area contributed by atoms with Crippen molar-refractivity contribution in [2.75, 3.05) is 27.4 Å². The molecule has 1 fully saturated rings. The Balaban J connectivity index is 2.92. The summed E-state index contributed by atoms with van der Waals surface area (Å²) in [6.45, 7) is 2.16. The summed E-state index contributed by atoms with van der Waals surface area (Å²) in [6.07, 6.45) is 0.531. The second-order valence-corrected chi connectivity index (χ2v) is 5.33. The van der Waals surface area contributed by atoms with Gasteiger partial charge in [-0.2, -0.15) is 0 Å². The lowest BCUT2D eigenvalue weighted by Crippen LogP contribution is -2.54. The van der Waals surface area contributed by atoms with Crippen LogP contribution >= 0.6 is 0 Å². The molecular formula is C14H22N2O7. The second-order valence-electron chi connectivity index (χ2n) is 5.33. The second kappa shape index (κ2) is 8.47. The molecule has 0 radical (unpaired) electrons. The topological polar surface area (TPSA) is 134 Å². The van der Waals surface area contributed by atoms with Crippen molar-refractivity contribution in [1.29, 1.82) is 0 Å². The molecule has 1 aliphatic heterocycles. The van der Waals surface area contributed by atoms with Crippen LogP contribution in [0, 0.1) is 17.8 Å². The maximum absolute atomic E-state index is 12.1. The molecular weight excluding hydrogens is 308 g/mol. The fourth-order valence-corrected chi connectivity index (χ4v) is 2.45. The monoisotopic (exact) mass is 330 g/mol. The van der Waals surface area contributed by atoms with Gasteiger partial charge in [-0.05, 0) is 6.42 Å². The largest absolute Gasteiger partial charge is 0.468 e. The molecule has 0 aromatic rings. The molecule has 3 N–H and O–H groups in total. The van der Waals surface area contributed by atoms with Gasteiger partial charge in [0.1, 0.15) is 6.04 Å². The lowest BCUT2D eigenvalue weighted by atomic mass is 9.86. The number of rotatable bonds is 7. The van der Waals surface area contributed by atoms with Gasteiger partial charge in [0.15, 0.2) is 5.92 Å². The third-order valence-corrected chi connectivity index (χ3v) is 3.87. The summed E-state index contributed by atoms with van der Waals surface area (Å²) in [6, 6.07) is -1.22. The van der Waals surface area contributed by atoms with E-state index in [1.807, 2.05) is 0 Å². The Morgan fingerprint density at radius 2 is 1.74 bits per heavy atom. The molecule has 1 rings (SSSR count). The van der Waals surface area contributed by atoms with E-state index in [0.29, 0.717) is 13.0 Å². The molecule has 0 aromatic carbocycles. The van der Waals surface area contributed by atoms with Crippen LogP contribution < -0.4 is 11.1 Å². The molecule has 0 saturated carbocycles. The molecule has 0 aromatic heterocycles. The molecule has 9 heteroatoms. The number of hydrogen-bond donors (Lipinski definition) is 2. The summed E-state index contributed by atoms with van der Waals surface area (Å²) in [5.74, 6) is -5.70. The first kappa shape index (κ1) is 18.9. The normalized spacial score (nSPS) is 19.7. The molecule has 2 amide bonds. The predicted molar refractivity (Wildman–Crippen MR) is 76.7 cm³/mol. The van der Waals surface area contributed by atoms with E-state index < -0.39 is 47.5 Å². The third kappa shape index (κ3) is 4.65. The minimum absolute atomic E-state index is 0.253. The number of carbonyl (C=O) groups excluding carboxylic acids is 4. The van der Waals surface area contributed by atoms with Gasteiger partial charge in [-0.25, -0.2) is 0 Å². The van der Waals surface area contributed by atoms with Crippen LogP contribution in [0.4, 0.5) is 0 Å². The zero-order valence-electron chi connectivity index (χ0n) is 13.4. The maximum Gasteiger partial charge on any atom is 0.320 e. The zero-order chi connectivity index (χ0) is 17.6. The van der Waals surface area contributed by atoms with Crippen molar-refractivity contribution in [3.05, 3.63) is 0 Å². The van der Waals surface area contributed by atoms with Gasteiger partial charge in [-0.1, -0.05) is 6.92 Å². The molecule has 1 aliphatic rings. The van der Waals surface area contributed by atoms with Crippen molar-refractivity contribution < 1.29 is 33.4 Å². The van der Waals surface area contributed by atoms with Crippen LogP contribution in [0.5, 0.6) is 0 Å². The van der Waals surface area contributed by atoms with E-state index in [0.717, 1.165) is 14.2 Å². The average Bonchev–Trinajstić information content (AvgIpc) is 3.05. The average molecular weight is 330 g/mol. The highest BCUT2D eigenvalue weighted by atomic mass is 16.5. The third-order valence-electron chi connectivity index (χ3n) is 3.87. The van der Waals surface area contributed by atoms with Crippen LogP contribution in [-0.4, -0.2) is 57.2 Å². The maximum atomic E-state index is 12.1. The van der Waals surface area contributed by atoms with Crippen molar-refractivity contribution in [3.63, 3.8) is 0 Å². The summed E-state index contributed by atoms with van der Waals surface area (Å²) in [4.78, 5) is 47.5. The van der Waals surface area contributed by atoms with Gasteiger partial charge in [-0.15, -0.1) is 0 Å². The summed E-state index contributed by atoms with van der Waals surface area (Å²) >= 11 is 0. The number of amides is 2. The van der Waals surface area contributed by atoms with Crippen LogP contribution in [0.25, 0.3) is 0 Å². The van der Waals surface area contributed by atoms with E-state index in [1.54, 1.807) is 0 Å². The Bertz CT molecular complexity index is 458. The summed E-state index contributed by atoms with van der Waals surface area (Å²) < 4.78 is 14.2. The van der Waals surface area contributed by atoms with E-state index in [-0.39, 0.29) is 6.61 Å².